The molecule has 1 aliphatic heterocycles. The van der Waals surface area contributed by atoms with Crippen LogP contribution in [0.3, 0.4) is 0 Å². The van der Waals surface area contributed by atoms with Crippen LogP contribution >= 0.6 is 0 Å². The third-order valence-corrected chi connectivity index (χ3v) is 5.43. The topological polar surface area (TPSA) is 40.1 Å². The van der Waals surface area contributed by atoms with Crippen LogP contribution < -0.4 is 5.32 Å². The van der Waals surface area contributed by atoms with Crippen LogP contribution in [-0.4, -0.2) is 68.7 Å². The summed E-state index contributed by atoms with van der Waals surface area (Å²) >= 11 is 0. The predicted octanol–water partition coefficient (Wildman–Crippen LogP) is 3.37. The van der Waals surface area contributed by atoms with Gasteiger partial charge in [-0.25, -0.2) is 0 Å². The number of guanidine groups is 1. The van der Waals surface area contributed by atoms with Crippen molar-refractivity contribution in [3.63, 3.8) is 0 Å². The highest BCUT2D eigenvalue weighted by Crippen LogP contribution is 2.25. The molecule has 1 unspecified atom stereocenters. The highest BCUT2D eigenvalue weighted by Gasteiger charge is 2.25. The Bertz CT molecular complexity index is 598. The molecule has 0 aliphatic carbocycles. The molecule has 1 aromatic carbocycles. The average molecular weight is 375 g/mol. The smallest absolute Gasteiger partial charge is 0.193 e. The van der Waals surface area contributed by atoms with Crippen LogP contribution in [0, 0.1) is 13.8 Å². The van der Waals surface area contributed by atoms with E-state index < -0.39 is 0 Å². The first-order valence-electron chi connectivity index (χ1n) is 10.5. The normalized spacial score (nSPS) is 18.2. The van der Waals surface area contributed by atoms with E-state index in [1.807, 2.05) is 7.05 Å². The highest BCUT2D eigenvalue weighted by molar-refractivity contribution is 5.80. The Morgan fingerprint density at radius 3 is 2.70 bits per heavy atom. The second-order valence-corrected chi connectivity index (χ2v) is 7.37. The summed E-state index contributed by atoms with van der Waals surface area (Å²) in [5.74, 6) is 0.996. The zero-order valence-electron chi connectivity index (χ0n) is 17.9. The average Bonchev–Trinajstić information content (AvgIpc) is 2.68. The Balaban J connectivity index is 1.84. The van der Waals surface area contributed by atoms with Gasteiger partial charge in [0.25, 0.3) is 0 Å². The lowest BCUT2D eigenvalue weighted by Gasteiger charge is -2.36. The van der Waals surface area contributed by atoms with E-state index in [9.17, 15) is 0 Å². The van der Waals surface area contributed by atoms with E-state index in [1.54, 1.807) is 0 Å². The van der Waals surface area contributed by atoms with Crippen molar-refractivity contribution in [2.75, 3.05) is 52.9 Å². The van der Waals surface area contributed by atoms with Crippen molar-refractivity contribution < 1.29 is 4.74 Å². The first-order chi connectivity index (χ1) is 13.1. The van der Waals surface area contributed by atoms with Gasteiger partial charge in [-0.1, -0.05) is 37.6 Å². The number of rotatable bonds is 8. The fourth-order valence-electron chi connectivity index (χ4n) is 3.75. The highest BCUT2D eigenvalue weighted by atomic mass is 16.5. The van der Waals surface area contributed by atoms with E-state index >= 15 is 0 Å². The van der Waals surface area contributed by atoms with E-state index in [0.717, 1.165) is 45.3 Å². The van der Waals surface area contributed by atoms with Crippen LogP contribution in [0.4, 0.5) is 0 Å². The standard InChI is InChI=1S/C22H38N4O/c1-6-25(7-2)13-9-8-12-24-22(23-5)26-14-15-27-21(17-26)20-11-10-18(3)16-19(20)4/h10-11,16,21H,6-9,12-15,17H2,1-5H3,(H,23,24). The van der Waals surface area contributed by atoms with Gasteiger partial charge in [0.05, 0.1) is 13.2 Å². The maximum absolute atomic E-state index is 6.07. The molecule has 1 atom stereocenters. The Morgan fingerprint density at radius 1 is 1.26 bits per heavy atom. The number of hydrogen-bond donors (Lipinski definition) is 1. The van der Waals surface area contributed by atoms with Gasteiger partial charge in [0.15, 0.2) is 5.96 Å². The molecule has 1 saturated heterocycles. The second kappa shape index (κ2) is 11.3. The van der Waals surface area contributed by atoms with Gasteiger partial charge in [0, 0.05) is 20.1 Å². The van der Waals surface area contributed by atoms with E-state index in [4.69, 9.17) is 4.74 Å². The van der Waals surface area contributed by atoms with E-state index in [0.29, 0.717) is 0 Å². The minimum Gasteiger partial charge on any atom is -0.370 e. The summed E-state index contributed by atoms with van der Waals surface area (Å²) in [6, 6.07) is 6.62. The maximum Gasteiger partial charge on any atom is 0.193 e. The third kappa shape index (κ3) is 6.51. The molecule has 1 aliphatic rings. The zero-order chi connectivity index (χ0) is 19.6. The van der Waals surface area contributed by atoms with Crippen molar-refractivity contribution in [3.05, 3.63) is 34.9 Å². The van der Waals surface area contributed by atoms with Crippen LogP contribution in [0.5, 0.6) is 0 Å². The van der Waals surface area contributed by atoms with Gasteiger partial charge in [-0.05, 0) is 57.5 Å². The number of aliphatic imine (C=N–C) groups is 1. The van der Waals surface area contributed by atoms with E-state index in [1.165, 1.54) is 36.1 Å². The summed E-state index contributed by atoms with van der Waals surface area (Å²) in [6.45, 7) is 15.7. The van der Waals surface area contributed by atoms with Gasteiger partial charge in [0.1, 0.15) is 6.10 Å². The molecular weight excluding hydrogens is 336 g/mol. The molecule has 1 N–H and O–H groups in total. The molecule has 5 heteroatoms. The first kappa shape index (κ1) is 21.7. The zero-order valence-corrected chi connectivity index (χ0v) is 17.9. The molecule has 5 nitrogen and oxygen atoms in total. The van der Waals surface area contributed by atoms with Crippen molar-refractivity contribution in [2.45, 2.75) is 46.6 Å². The molecule has 27 heavy (non-hydrogen) atoms. The summed E-state index contributed by atoms with van der Waals surface area (Å²) < 4.78 is 6.07. The molecule has 0 spiro atoms. The van der Waals surface area contributed by atoms with Gasteiger partial charge in [0.2, 0.25) is 0 Å². The number of benzene rings is 1. The third-order valence-electron chi connectivity index (χ3n) is 5.43. The Labute approximate surface area is 165 Å². The summed E-state index contributed by atoms with van der Waals surface area (Å²) in [7, 11) is 1.87. The van der Waals surface area contributed by atoms with Crippen molar-refractivity contribution in [3.8, 4) is 0 Å². The fraction of sp³-hybridized carbons (Fsp3) is 0.682. The monoisotopic (exact) mass is 374 g/mol. The molecule has 0 bridgehead atoms. The molecule has 1 fully saturated rings. The SMILES string of the molecule is CCN(CC)CCCCNC(=NC)N1CCOC(c2ccc(C)cc2C)C1. The number of nitrogens with zero attached hydrogens (tertiary/aromatic N) is 3. The van der Waals surface area contributed by atoms with Gasteiger partial charge in [-0.2, -0.15) is 0 Å². The van der Waals surface area contributed by atoms with E-state index in [2.05, 4.69) is 66.0 Å². The van der Waals surface area contributed by atoms with Crippen LogP contribution in [0.1, 0.15) is 49.5 Å². The van der Waals surface area contributed by atoms with Crippen LogP contribution in [0.25, 0.3) is 0 Å². The molecule has 0 radical (unpaired) electrons. The van der Waals surface area contributed by atoms with Crippen LogP contribution in [0.2, 0.25) is 0 Å². The van der Waals surface area contributed by atoms with Gasteiger partial charge in [-0.3, -0.25) is 4.99 Å². The summed E-state index contributed by atoms with van der Waals surface area (Å²) in [4.78, 5) is 9.32. The summed E-state index contributed by atoms with van der Waals surface area (Å²) in [6.07, 6.45) is 2.50. The molecule has 0 amide bonds. The number of aryl methyl sites for hydroxylation is 2. The van der Waals surface area contributed by atoms with Gasteiger partial charge >= 0.3 is 0 Å². The minimum atomic E-state index is 0.112. The lowest BCUT2D eigenvalue weighted by atomic mass is 10.00. The molecule has 1 heterocycles. The van der Waals surface area contributed by atoms with E-state index in [-0.39, 0.29) is 6.10 Å². The molecule has 0 saturated carbocycles. The molecule has 152 valence electrons. The first-order valence-corrected chi connectivity index (χ1v) is 10.5. The largest absolute Gasteiger partial charge is 0.370 e. The molecular formula is C22H38N4O. The van der Waals surface area contributed by atoms with Crippen LogP contribution in [-0.2, 0) is 4.74 Å². The quantitative estimate of drug-likeness (QED) is 0.430. The van der Waals surface area contributed by atoms with Crippen molar-refractivity contribution >= 4 is 5.96 Å². The Morgan fingerprint density at radius 2 is 2.04 bits per heavy atom. The lowest BCUT2D eigenvalue weighted by Crippen LogP contribution is -2.48. The Kier molecular flexibility index (Phi) is 9.08. The number of hydrogen-bond acceptors (Lipinski definition) is 3. The van der Waals surface area contributed by atoms with Gasteiger partial charge < -0.3 is 19.9 Å². The minimum absolute atomic E-state index is 0.112. The summed E-state index contributed by atoms with van der Waals surface area (Å²) in [5, 5.41) is 3.55. The number of unbranched alkanes of at least 4 members (excludes halogenated alkanes) is 1. The molecule has 0 aromatic heterocycles. The maximum atomic E-state index is 6.07. The second-order valence-electron chi connectivity index (χ2n) is 7.37. The van der Waals surface area contributed by atoms with Crippen LogP contribution in [0.15, 0.2) is 23.2 Å². The Hall–Kier alpha value is -1.59. The fourth-order valence-corrected chi connectivity index (χ4v) is 3.75. The van der Waals surface area contributed by atoms with Gasteiger partial charge in [-0.15, -0.1) is 0 Å². The lowest BCUT2D eigenvalue weighted by molar-refractivity contribution is -0.00831. The van der Waals surface area contributed by atoms with Crippen molar-refractivity contribution in [1.82, 2.24) is 15.1 Å². The van der Waals surface area contributed by atoms with Crippen molar-refractivity contribution in [2.24, 2.45) is 4.99 Å². The summed E-state index contributed by atoms with van der Waals surface area (Å²) in [5.41, 5.74) is 3.90. The number of nitrogens with one attached hydrogen (secondary N) is 1. The number of ether oxygens (including phenoxy) is 1. The number of morpholine rings is 1. The van der Waals surface area contributed by atoms with Crippen molar-refractivity contribution in [1.29, 1.82) is 0 Å². The predicted molar refractivity (Wildman–Crippen MR) is 115 cm³/mol. The molecule has 2 rings (SSSR count). The molecule has 1 aromatic rings.